The number of hydrogen-bond acceptors (Lipinski definition) is 4. The number of hydrogen-bond donors (Lipinski definition) is 1. The van der Waals surface area contributed by atoms with Crippen molar-refractivity contribution in [2.75, 3.05) is 5.48 Å². The van der Waals surface area contributed by atoms with Gasteiger partial charge in [-0.3, -0.25) is 4.84 Å². The summed E-state index contributed by atoms with van der Waals surface area (Å²) in [6.07, 6.45) is 0. The highest BCUT2D eigenvalue weighted by Gasteiger charge is 1.99. The van der Waals surface area contributed by atoms with Crippen molar-refractivity contribution in [3.05, 3.63) is 53.3 Å². The number of anilines is 1. The number of rotatable bonds is 4. The van der Waals surface area contributed by atoms with Gasteiger partial charge in [-0.15, -0.1) is 0 Å². The van der Waals surface area contributed by atoms with Gasteiger partial charge in [0.05, 0.1) is 6.61 Å². The lowest BCUT2D eigenvalue weighted by molar-refractivity contribution is 0.177. The smallest absolute Gasteiger partial charge is 0.247 e. The second-order valence-electron chi connectivity index (χ2n) is 3.85. The van der Waals surface area contributed by atoms with Gasteiger partial charge in [-0.25, -0.2) is 15.4 Å². The average Bonchev–Trinajstić information content (AvgIpc) is 2.29. The van der Waals surface area contributed by atoms with E-state index in [0.717, 1.165) is 17.0 Å². The van der Waals surface area contributed by atoms with E-state index in [1.54, 1.807) is 0 Å². The minimum absolute atomic E-state index is 0.483. The van der Waals surface area contributed by atoms with Crippen LogP contribution in [0.25, 0.3) is 0 Å². The lowest BCUT2D eigenvalue weighted by Gasteiger charge is -2.06. The predicted molar refractivity (Wildman–Crippen MR) is 66.4 cm³/mol. The molecule has 0 aliphatic rings. The minimum Gasteiger partial charge on any atom is -0.269 e. The lowest BCUT2D eigenvalue weighted by atomic mass is 10.2. The van der Waals surface area contributed by atoms with Crippen LogP contribution in [0.5, 0.6) is 0 Å². The first kappa shape index (κ1) is 11.5. The highest BCUT2D eigenvalue weighted by Crippen LogP contribution is 2.05. The van der Waals surface area contributed by atoms with Gasteiger partial charge >= 0.3 is 0 Å². The standard InChI is InChI=1S/C13H15N3O/c1-10-8-11(2)15-13(14-10)16-17-9-12-6-4-3-5-7-12/h3-8H,9H2,1-2H3,(H,14,15,16). The van der Waals surface area contributed by atoms with Crippen LogP contribution < -0.4 is 5.48 Å². The number of nitrogens with zero attached hydrogens (tertiary/aromatic N) is 2. The molecular weight excluding hydrogens is 214 g/mol. The normalized spacial score (nSPS) is 10.2. The fraction of sp³-hybridized carbons (Fsp3) is 0.231. The molecule has 0 aliphatic heterocycles. The molecule has 0 spiro atoms. The number of nitrogens with one attached hydrogen (secondary N) is 1. The van der Waals surface area contributed by atoms with Crippen LogP contribution in [0.15, 0.2) is 36.4 Å². The van der Waals surface area contributed by atoms with E-state index in [4.69, 9.17) is 4.84 Å². The van der Waals surface area contributed by atoms with Crippen LogP contribution in [-0.4, -0.2) is 9.97 Å². The highest BCUT2D eigenvalue weighted by molar-refractivity contribution is 5.25. The quantitative estimate of drug-likeness (QED) is 0.819. The van der Waals surface area contributed by atoms with E-state index in [1.807, 2.05) is 50.2 Å². The fourth-order valence-corrected chi connectivity index (χ4v) is 1.53. The average molecular weight is 229 g/mol. The molecule has 0 atom stereocenters. The molecule has 17 heavy (non-hydrogen) atoms. The summed E-state index contributed by atoms with van der Waals surface area (Å²) in [5.41, 5.74) is 5.69. The van der Waals surface area contributed by atoms with Gasteiger partial charge in [0.2, 0.25) is 5.95 Å². The fourth-order valence-electron chi connectivity index (χ4n) is 1.53. The minimum atomic E-state index is 0.483. The molecule has 0 saturated heterocycles. The Hall–Kier alpha value is -1.94. The molecule has 1 N–H and O–H groups in total. The van der Waals surface area contributed by atoms with E-state index in [1.165, 1.54) is 0 Å². The third-order valence-corrected chi connectivity index (χ3v) is 2.23. The van der Waals surface area contributed by atoms with Gasteiger partial charge in [-0.2, -0.15) is 0 Å². The Morgan fingerprint density at radius 1 is 1.06 bits per heavy atom. The molecule has 4 heteroatoms. The van der Waals surface area contributed by atoms with Crippen LogP contribution in [0.2, 0.25) is 0 Å². The summed E-state index contributed by atoms with van der Waals surface area (Å²) in [6.45, 7) is 4.34. The van der Waals surface area contributed by atoms with Crippen LogP contribution in [0.1, 0.15) is 17.0 Å². The first-order valence-electron chi connectivity index (χ1n) is 5.48. The van der Waals surface area contributed by atoms with Crippen LogP contribution in [0, 0.1) is 13.8 Å². The molecule has 0 aliphatic carbocycles. The lowest BCUT2D eigenvalue weighted by Crippen LogP contribution is -2.06. The maximum atomic E-state index is 5.34. The molecule has 1 aromatic carbocycles. The summed E-state index contributed by atoms with van der Waals surface area (Å²) in [4.78, 5) is 13.8. The molecule has 0 fully saturated rings. The monoisotopic (exact) mass is 229 g/mol. The van der Waals surface area contributed by atoms with Gasteiger partial charge in [0, 0.05) is 11.4 Å². The molecule has 0 saturated carbocycles. The van der Waals surface area contributed by atoms with Crippen molar-refractivity contribution in [2.24, 2.45) is 0 Å². The van der Waals surface area contributed by atoms with Crippen molar-refractivity contribution in [2.45, 2.75) is 20.5 Å². The first-order valence-corrected chi connectivity index (χ1v) is 5.48. The summed E-state index contributed by atoms with van der Waals surface area (Å²) in [7, 11) is 0. The van der Waals surface area contributed by atoms with E-state index in [9.17, 15) is 0 Å². The zero-order valence-corrected chi connectivity index (χ0v) is 9.97. The Balaban J connectivity index is 1.90. The second-order valence-corrected chi connectivity index (χ2v) is 3.85. The summed E-state index contributed by atoms with van der Waals surface area (Å²) < 4.78 is 0. The third kappa shape index (κ3) is 3.53. The predicted octanol–water partition coefficient (Wildman–Crippen LogP) is 2.64. The molecule has 88 valence electrons. The largest absolute Gasteiger partial charge is 0.269 e. The molecule has 0 unspecified atom stereocenters. The number of aromatic nitrogens is 2. The summed E-state index contributed by atoms with van der Waals surface area (Å²) in [6, 6.07) is 11.9. The first-order chi connectivity index (χ1) is 8.24. The number of aryl methyl sites for hydroxylation is 2. The molecule has 0 amide bonds. The third-order valence-electron chi connectivity index (χ3n) is 2.23. The number of benzene rings is 1. The van der Waals surface area contributed by atoms with Gasteiger partial charge in [0.1, 0.15) is 0 Å². The van der Waals surface area contributed by atoms with Crippen molar-refractivity contribution in [3.8, 4) is 0 Å². The molecule has 2 aromatic rings. The van der Waals surface area contributed by atoms with Crippen molar-refractivity contribution in [1.29, 1.82) is 0 Å². The van der Waals surface area contributed by atoms with Crippen molar-refractivity contribution in [3.63, 3.8) is 0 Å². The van der Waals surface area contributed by atoms with E-state index in [2.05, 4.69) is 15.4 Å². The van der Waals surface area contributed by atoms with Crippen LogP contribution in [0.4, 0.5) is 5.95 Å². The van der Waals surface area contributed by atoms with E-state index >= 15 is 0 Å². The van der Waals surface area contributed by atoms with E-state index in [0.29, 0.717) is 12.6 Å². The Kier molecular flexibility index (Phi) is 3.67. The molecule has 4 nitrogen and oxygen atoms in total. The Bertz CT molecular complexity index is 465. The van der Waals surface area contributed by atoms with Crippen molar-refractivity contribution in [1.82, 2.24) is 9.97 Å². The molecule has 1 heterocycles. The maximum Gasteiger partial charge on any atom is 0.247 e. The Labute approximate surface area is 101 Å². The zero-order valence-electron chi connectivity index (χ0n) is 9.97. The van der Waals surface area contributed by atoms with Gasteiger partial charge in [-0.1, -0.05) is 30.3 Å². The SMILES string of the molecule is Cc1cc(C)nc(NOCc2ccccc2)n1. The van der Waals surface area contributed by atoms with E-state index < -0.39 is 0 Å². The zero-order chi connectivity index (χ0) is 12.1. The molecule has 0 radical (unpaired) electrons. The van der Waals surface area contributed by atoms with Crippen molar-refractivity contribution < 1.29 is 4.84 Å². The van der Waals surface area contributed by atoms with Gasteiger partial charge in [0.15, 0.2) is 0 Å². The van der Waals surface area contributed by atoms with Gasteiger partial charge < -0.3 is 0 Å². The molecular formula is C13H15N3O. The van der Waals surface area contributed by atoms with Crippen LogP contribution >= 0.6 is 0 Å². The molecule has 2 rings (SSSR count). The Morgan fingerprint density at radius 3 is 2.35 bits per heavy atom. The molecule has 1 aromatic heterocycles. The van der Waals surface area contributed by atoms with E-state index in [-0.39, 0.29) is 0 Å². The second kappa shape index (κ2) is 5.41. The van der Waals surface area contributed by atoms with Gasteiger partial charge in [0.25, 0.3) is 0 Å². The molecule has 0 bridgehead atoms. The summed E-state index contributed by atoms with van der Waals surface area (Å²) in [5.74, 6) is 0.499. The topological polar surface area (TPSA) is 47.0 Å². The van der Waals surface area contributed by atoms with Crippen LogP contribution in [0.3, 0.4) is 0 Å². The summed E-state index contributed by atoms with van der Waals surface area (Å²) >= 11 is 0. The van der Waals surface area contributed by atoms with Crippen molar-refractivity contribution >= 4 is 5.95 Å². The maximum absolute atomic E-state index is 5.34. The van der Waals surface area contributed by atoms with Gasteiger partial charge in [-0.05, 0) is 25.5 Å². The Morgan fingerprint density at radius 2 is 1.71 bits per heavy atom. The van der Waals surface area contributed by atoms with Crippen LogP contribution in [-0.2, 0) is 11.4 Å². The highest BCUT2D eigenvalue weighted by atomic mass is 16.6. The summed E-state index contributed by atoms with van der Waals surface area (Å²) in [5, 5.41) is 0.